The Balaban J connectivity index is 2.16. The standard InChI is InChI=1S/C9H15F3N2O2/c10-9(11,12)6-16-2-1-14-5-7(4-13)3-8(14)15/h7H,1-6,13H2. The van der Waals surface area contributed by atoms with Gasteiger partial charge in [0.2, 0.25) is 5.91 Å². The van der Waals surface area contributed by atoms with Crippen LogP contribution in [0.3, 0.4) is 0 Å². The Labute approximate surface area is 91.5 Å². The van der Waals surface area contributed by atoms with Gasteiger partial charge in [-0.25, -0.2) is 0 Å². The highest BCUT2D eigenvalue weighted by molar-refractivity contribution is 5.78. The minimum absolute atomic E-state index is 0.0638. The predicted octanol–water partition coefficient (Wildman–Crippen LogP) is 0.372. The molecule has 0 aliphatic carbocycles. The van der Waals surface area contributed by atoms with Gasteiger partial charge in [-0.15, -0.1) is 0 Å². The zero-order valence-electron chi connectivity index (χ0n) is 8.79. The van der Waals surface area contributed by atoms with Gasteiger partial charge in [0.1, 0.15) is 6.61 Å². The molecule has 0 radical (unpaired) electrons. The van der Waals surface area contributed by atoms with Gasteiger partial charge in [0.25, 0.3) is 0 Å². The van der Waals surface area contributed by atoms with Gasteiger partial charge in [-0.1, -0.05) is 0 Å². The fourth-order valence-corrected chi connectivity index (χ4v) is 1.59. The molecule has 1 amide bonds. The fraction of sp³-hybridized carbons (Fsp3) is 0.889. The molecule has 0 aromatic carbocycles. The molecule has 1 unspecified atom stereocenters. The van der Waals surface area contributed by atoms with E-state index in [4.69, 9.17) is 5.73 Å². The Bertz CT molecular complexity index is 245. The van der Waals surface area contributed by atoms with Crippen LogP contribution in [-0.4, -0.2) is 49.8 Å². The summed E-state index contributed by atoms with van der Waals surface area (Å²) in [5.41, 5.74) is 5.41. The Morgan fingerprint density at radius 1 is 1.50 bits per heavy atom. The van der Waals surface area contributed by atoms with Gasteiger partial charge in [-0.3, -0.25) is 4.79 Å². The minimum Gasteiger partial charge on any atom is -0.370 e. The molecule has 1 aliphatic heterocycles. The van der Waals surface area contributed by atoms with E-state index in [9.17, 15) is 18.0 Å². The zero-order chi connectivity index (χ0) is 12.2. The second-order valence-electron chi connectivity index (χ2n) is 3.81. The molecule has 16 heavy (non-hydrogen) atoms. The van der Waals surface area contributed by atoms with Crippen molar-refractivity contribution in [3.05, 3.63) is 0 Å². The number of rotatable bonds is 5. The Hall–Kier alpha value is -0.820. The van der Waals surface area contributed by atoms with Crippen molar-refractivity contribution in [2.75, 3.05) is 32.8 Å². The maximum absolute atomic E-state index is 11.7. The van der Waals surface area contributed by atoms with Crippen LogP contribution in [0.5, 0.6) is 0 Å². The molecular formula is C9H15F3N2O2. The van der Waals surface area contributed by atoms with E-state index >= 15 is 0 Å². The average molecular weight is 240 g/mol. The molecule has 1 saturated heterocycles. The van der Waals surface area contributed by atoms with E-state index in [0.717, 1.165) is 0 Å². The molecule has 7 heteroatoms. The van der Waals surface area contributed by atoms with Crippen LogP contribution in [0.15, 0.2) is 0 Å². The Morgan fingerprint density at radius 2 is 2.19 bits per heavy atom. The van der Waals surface area contributed by atoms with Crippen LogP contribution in [-0.2, 0) is 9.53 Å². The topological polar surface area (TPSA) is 55.6 Å². The van der Waals surface area contributed by atoms with Crippen molar-refractivity contribution in [3.8, 4) is 0 Å². The number of alkyl halides is 3. The third kappa shape index (κ3) is 4.36. The van der Waals surface area contributed by atoms with Crippen LogP contribution in [0, 0.1) is 5.92 Å². The molecule has 1 fully saturated rings. The summed E-state index contributed by atoms with van der Waals surface area (Å²) in [6.45, 7) is -0.223. The molecule has 1 atom stereocenters. The number of nitrogens with zero attached hydrogens (tertiary/aromatic N) is 1. The number of hydrogen-bond donors (Lipinski definition) is 1. The van der Waals surface area contributed by atoms with Gasteiger partial charge in [0, 0.05) is 19.5 Å². The Kier molecular flexibility index (Phi) is 4.55. The van der Waals surface area contributed by atoms with Crippen molar-refractivity contribution in [3.63, 3.8) is 0 Å². The number of halogens is 3. The molecule has 0 saturated carbocycles. The first-order valence-corrected chi connectivity index (χ1v) is 5.04. The molecule has 1 aliphatic rings. The lowest BCUT2D eigenvalue weighted by atomic mass is 10.1. The molecule has 0 aromatic heterocycles. The smallest absolute Gasteiger partial charge is 0.370 e. The van der Waals surface area contributed by atoms with Gasteiger partial charge in [-0.05, 0) is 12.5 Å². The zero-order valence-corrected chi connectivity index (χ0v) is 8.79. The van der Waals surface area contributed by atoms with Gasteiger partial charge >= 0.3 is 6.18 Å². The van der Waals surface area contributed by atoms with Crippen LogP contribution in [0.2, 0.25) is 0 Å². The van der Waals surface area contributed by atoms with Crippen LogP contribution < -0.4 is 5.73 Å². The van der Waals surface area contributed by atoms with Crippen molar-refractivity contribution in [2.24, 2.45) is 11.7 Å². The summed E-state index contributed by atoms with van der Waals surface area (Å²) in [7, 11) is 0. The number of hydrogen-bond acceptors (Lipinski definition) is 3. The molecule has 0 bridgehead atoms. The van der Waals surface area contributed by atoms with E-state index < -0.39 is 12.8 Å². The largest absolute Gasteiger partial charge is 0.411 e. The third-order valence-corrected chi connectivity index (χ3v) is 2.40. The van der Waals surface area contributed by atoms with Gasteiger partial charge in [-0.2, -0.15) is 13.2 Å². The van der Waals surface area contributed by atoms with E-state index in [1.807, 2.05) is 0 Å². The lowest BCUT2D eigenvalue weighted by Crippen LogP contribution is -2.31. The highest BCUT2D eigenvalue weighted by Crippen LogP contribution is 2.17. The number of nitrogens with two attached hydrogens (primary N) is 1. The first kappa shape index (κ1) is 13.2. The normalized spacial score (nSPS) is 21.9. The fourth-order valence-electron chi connectivity index (χ4n) is 1.59. The highest BCUT2D eigenvalue weighted by Gasteiger charge is 2.29. The summed E-state index contributed by atoms with van der Waals surface area (Å²) in [5.74, 6) is 0.0566. The molecular weight excluding hydrogens is 225 g/mol. The molecule has 1 rings (SSSR count). The summed E-state index contributed by atoms with van der Waals surface area (Å²) in [6.07, 6.45) is -3.93. The van der Waals surface area contributed by atoms with E-state index in [1.54, 1.807) is 0 Å². The monoisotopic (exact) mass is 240 g/mol. The van der Waals surface area contributed by atoms with E-state index in [-0.39, 0.29) is 25.0 Å². The number of carbonyl (C=O) groups is 1. The lowest BCUT2D eigenvalue weighted by Gasteiger charge is -2.16. The van der Waals surface area contributed by atoms with E-state index in [0.29, 0.717) is 19.5 Å². The summed E-state index contributed by atoms with van der Waals surface area (Å²) < 4.78 is 39.6. The number of ether oxygens (including phenoxy) is 1. The quantitative estimate of drug-likeness (QED) is 0.706. The second kappa shape index (κ2) is 5.49. The van der Waals surface area contributed by atoms with Gasteiger partial charge < -0.3 is 15.4 Å². The summed E-state index contributed by atoms with van der Waals surface area (Å²) in [4.78, 5) is 12.8. The van der Waals surface area contributed by atoms with Crippen LogP contribution >= 0.6 is 0 Å². The van der Waals surface area contributed by atoms with Crippen molar-refractivity contribution in [1.29, 1.82) is 0 Å². The predicted molar refractivity (Wildman–Crippen MR) is 50.6 cm³/mol. The number of carbonyl (C=O) groups excluding carboxylic acids is 1. The number of likely N-dealkylation sites (tertiary alicyclic amines) is 1. The average Bonchev–Trinajstić information content (AvgIpc) is 2.53. The minimum atomic E-state index is -4.31. The molecule has 1 heterocycles. The summed E-state index contributed by atoms with van der Waals surface area (Å²) in [5, 5.41) is 0. The summed E-state index contributed by atoms with van der Waals surface area (Å²) in [6, 6.07) is 0. The maximum atomic E-state index is 11.7. The van der Waals surface area contributed by atoms with Crippen LogP contribution in [0.25, 0.3) is 0 Å². The van der Waals surface area contributed by atoms with Crippen molar-refractivity contribution in [1.82, 2.24) is 4.90 Å². The van der Waals surface area contributed by atoms with Gasteiger partial charge in [0.05, 0.1) is 6.61 Å². The molecule has 94 valence electrons. The molecule has 0 aromatic rings. The number of amides is 1. The maximum Gasteiger partial charge on any atom is 0.411 e. The first-order chi connectivity index (χ1) is 7.42. The SMILES string of the molecule is NCC1CC(=O)N(CCOCC(F)(F)F)C1. The lowest BCUT2D eigenvalue weighted by molar-refractivity contribution is -0.174. The third-order valence-electron chi connectivity index (χ3n) is 2.40. The van der Waals surface area contributed by atoms with E-state index in [1.165, 1.54) is 4.90 Å². The van der Waals surface area contributed by atoms with Crippen LogP contribution in [0.4, 0.5) is 13.2 Å². The second-order valence-corrected chi connectivity index (χ2v) is 3.81. The van der Waals surface area contributed by atoms with E-state index in [2.05, 4.69) is 4.74 Å². The Morgan fingerprint density at radius 3 is 2.69 bits per heavy atom. The van der Waals surface area contributed by atoms with Crippen molar-refractivity contribution in [2.45, 2.75) is 12.6 Å². The van der Waals surface area contributed by atoms with Crippen LogP contribution in [0.1, 0.15) is 6.42 Å². The molecule has 0 spiro atoms. The van der Waals surface area contributed by atoms with Crippen molar-refractivity contribution < 1.29 is 22.7 Å². The first-order valence-electron chi connectivity index (χ1n) is 5.04. The van der Waals surface area contributed by atoms with Gasteiger partial charge in [0.15, 0.2) is 0 Å². The van der Waals surface area contributed by atoms with Crippen molar-refractivity contribution >= 4 is 5.91 Å². The molecule has 4 nitrogen and oxygen atoms in total. The summed E-state index contributed by atoms with van der Waals surface area (Å²) >= 11 is 0. The molecule has 2 N–H and O–H groups in total. The highest BCUT2D eigenvalue weighted by atomic mass is 19.4.